The lowest BCUT2D eigenvalue weighted by molar-refractivity contribution is 0.284. The van der Waals surface area contributed by atoms with E-state index in [4.69, 9.17) is 5.84 Å². The molecule has 6 nitrogen and oxygen atoms in total. The van der Waals surface area contributed by atoms with Gasteiger partial charge in [0.2, 0.25) is 0 Å². The summed E-state index contributed by atoms with van der Waals surface area (Å²) in [5.41, 5.74) is 9.18. The fourth-order valence-corrected chi connectivity index (χ4v) is 0.700. The lowest BCUT2D eigenvalue weighted by Crippen LogP contribution is -2.62. The van der Waals surface area contributed by atoms with Crippen LogP contribution >= 0.6 is 0 Å². The van der Waals surface area contributed by atoms with Crippen LogP contribution in [0.3, 0.4) is 0 Å². The maximum absolute atomic E-state index is 5.08. The molecule has 0 spiro atoms. The van der Waals surface area contributed by atoms with Gasteiger partial charge in [0.15, 0.2) is 5.84 Å². The van der Waals surface area contributed by atoms with E-state index in [1.807, 2.05) is 13.8 Å². The number of nitrogens with one attached hydrogen (secondary N) is 3. The molecule has 1 heterocycles. The molecule has 0 aliphatic carbocycles. The van der Waals surface area contributed by atoms with Crippen LogP contribution in [0.5, 0.6) is 0 Å². The number of hydrazone groups is 2. The zero-order valence-electron chi connectivity index (χ0n) is 7.47. The van der Waals surface area contributed by atoms with E-state index in [1.54, 1.807) is 6.92 Å². The van der Waals surface area contributed by atoms with E-state index in [0.717, 1.165) is 0 Å². The minimum absolute atomic E-state index is 0.252. The Morgan fingerprint density at radius 2 is 2.25 bits per heavy atom. The highest BCUT2D eigenvalue weighted by molar-refractivity contribution is 6.40. The van der Waals surface area contributed by atoms with Crippen molar-refractivity contribution in [1.82, 2.24) is 16.3 Å². The quantitative estimate of drug-likeness (QED) is 0.232. The maximum atomic E-state index is 5.08. The first-order chi connectivity index (χ1) is 5.55. The molecule has 0 saturated carbocycles. The second-order valence-electron chi connectivity index (χ2n) is 3.16. The Bertz CT molecular complexity index is 228. The number of rotatable bonds is 1. The van der Waals surface area contributed by atoms with Gasteiger partial charge < -0.3 is 11.3 Å². The molecular formula is C6H14N6. The van der Waals surface area contributed by atoms with E-state index in [2.05, 4.69) is 26.5 Å². The third-order valence-electron chi connectivity index (χ3n) is 1.48. The van der Waals surface area contributed by atoms with Gasteiger partial charge in [-0.3, -0.25) is 5.43 Å². The van der Waals surface area contributed by atoms with Crippen molar-refractivity contribution in [1.29, 1.82) is 0 Å². The number of hydrogen-bond acceptors (Lipinski definition) is 6. The molecular weight excluding hydrogens is 156 g/mol. The van der Waals surface area contributed by atoms with E-state index in [1.165, 1.54) is 0 Å². The SMILES string of the molecule is C/C(=N\N)C1=NNC(C)(C)NN1. The fourth-order valence-electron chi connectivity index (χ4n) is 0.700. The van der Waals surface area contributed by atoms with Gasteiger partial charge in [0.1, 0.15) is 11.4 Å². The summed E-state index contributed by atoms with van der Waals surface area (Å²) in [4.78, 5) is 0. The Kier molecular flexibility index (Phi) is 2.18. The molecule has 0 bridgehead atoms. The van der Waals surface area contributed by atoms with Crippen LogP contribution in [0.4, 0.5) is 0 Å². The molecule has 12 heavy (non-hydrogen) atoms. The largest absolute Gasteiger partial charge is 0.323 e. The minimum Gasteiger partial charge on any atom is -0.323 e. The summed E-state index contributed by atoms with van der Waals surface area (Å²) in [5, 5.41) is 7.54. The van der Waals surface area contributed by atoms with Gasteiger partial charge in [-0.1, -0.05) is 0 Å². The van der Waals surface area contributed by atoms with Gasteiger partial charge >= 0.3 is 0 Å². The molecule has 5 N–H and O–H groups in total. The second kappa shape index (κ2) is 2.98. The van der Waals surface area contributed by atoms with Crippen molar-refractivity contribution in [2.75, 3.05) is 0 Å². The van der Waals surface area contributed by atoms with Crippen molar-refractivity contribution < 1.29 is 0 Å². The van der Waals surface area contributed by atoms with Gasteiger partial charge in [-0.15, -0.1) is 0 Å². The lowest BCUT2D eigenvalue weighted by Gasteiger charge is -2.31. The molecule has 1 rings (SSSR count). The summed E-state index contributed by atoms with van der Waals surface area (Å²) >= 11 is 0. The van der Waals surface area contributed by atoms with Gasteiger partial charge in [-0.05, 0) is 20.8 Å². The second-order valence-corrected chi connectivity index (χ2v) is 3.16. The van der Waals surface area contributed by atoms with Crippen LogP contribution in [0.2, 0.25) is 0 Å². The summed E-state index contributed by atoms with van der Waals surface area (Å²) in [5.74, 6) is 5.69. The Balaban J connectivity index is 2.68. The predicted molar refractivity (Wildman–Crippen MR) is 48.2 cm³/mol. The molecule has 0 aromatic rings. The Labute approximate surface area is 71.2 Å². The smallest absolute Gasteiger partial charge is 0.183 e. The first-order valence-corrected chi connectivity index (χ1v) is 3.68. The van der Waals surface area contributed by atoms with Crippen LogP contribution in [-0.2, 0) is 0 Å². The van der Waals surface area contributed by atoms with Crippen molar-refractivity contribution in [2.24, 2.45) is 16.0 Å². The molecule has 0 saturated heterocycles. The highest BCUT2D eigenvalue weighted by Crippen LogP contribution is 1.97. The summed E-state index contributed by atoms with van der Waals surface area (Å²) < 4.78 is 0. The number of nitrogens with zero attached hydrogens (tertiary/aromatic N) is 2. The molecule has 0 aromatic carbocycles. The van der Waals surface area contributed by atoms with Crippen molar-refractivity contribution >= 4 is 11.5 Å². The standard InChI is InChI=1S/C6H14N6/c1-4(8-7)5-9-11-6(2,3)12-10-5/h11-12H,7H2,1-3H3,(H,9,10)/b8-4+. The first kappa shape index (κ1) is 8.79. The van der Waals surface area contributed by atoms with Crippen LogP contribution < -0.4 is 22.1 Å². The fraction of sp³-hybridized carbons (Fsp3) is 0.667. The zero-order valence-corrected chi connectivity index (χ0v) is 7.47. The molecule has 0 unspecified atom stereocenters. The van der Waals surface area contributed by atoms with E-state index in [9.17, 15) is 0 Å². The average Bonchev–Trinajstić information content (AvgIpc) is 2.03. The van der Waals surface area contributed by atoms with Crippen molar-refractivity contribution in [3.63, 3.8) is 0 Å². The molecule has 68 valence electrons. The number of amidine groups is 1. The van der Waals surface area contributed by atoms with Gasteiger partial charge in [0.25, 0.3) is 0 Å². The highest BCUT2D eigenvalue weighted by Gasteiger charge is 2.21. The van der Waals surface area contributed by atoms with Crippen LogP contribution in [-0.4, -0.2) is 17.2 Å². The zero-order chi connectivity index (χ0) is 9.19. The summed E-state index contributed by atoms with van der Waals surface area (Å²) in [6.45, 7) is 5.68. The molecule has 0 aromatic heterocycles. The van der Waals surface area contributed by atoms with Crippen LogP contribution in [0.25, 0.3) is 0 Å². The number of hydrogen-bond donors (Lipinski definition) is 4. The Morgan fingerprint density at radius 3 is 2.67 bits per heavy atom. The van der Waals surface area contributed by atoms with Crippen molar-refractivity contribution in [3.05, 3.63) is 0 Å². The number of hydrazine groups is 1. The molecule has 1 aliphatic heterocycles. The average molecular weight is 170 g/mol. The first-order valence-electron chi connectivity index (χ1n) is 3.68. The summed E-state index contributed by atoms with van der Waals surface area (Å²) in [6.07, 6.45) is 0. The molecule has 0 fully saturated rings. The molecule has 6 heteroatoms. The highest BCUT2D eigenvalue weighted by atomic mass is 15.6. The molecule has 0 radical (unpaired) electrons. The van der Waals surface area contributed by atoms with Crippen LogP contribution in [0.15, 0.2) is 10.2 Å². The molecule has 0 amide bonds. The van der Waals surface area contributed by atoms with Gasteiger partial charge in [-0.25, -0.2) is 5.43 Å². The van der Waals surface area contributed by atoms with E-state index in [-0.39, 0.29) is 5.66 Å². The molecule has 1 aliphatic rings. The third-order valence-corrected chi connectivity index (χ3v) is 1.48. The predicted octanol–water partition coefficient (Wildman–Crippen LogP) is -0.932. The summed E-state index contributed by atoms with van der Waals surface area (Å²) in [7, 11) is 0. The van der Waals surface area contributed by atoms with Crippen LogP contribution in [0.1, 0.15) is 20.8 Å². The van der Waals surface area contributed by atoms with Gasteiger partial charge in [-0.2, -0.15) is 10.2 Å². The third kappa shape index (κ3) is 1.85. The number of nitrogens with two attached hydrogens (primary N) is 1. The maximum Gasteiger partial charge on any atom is 0.183 e. The van der Waals surface area contributed by atoms with E-state index < -0.39 is 0 Å². The van der Waals surface area contributed by atoms with Gasteiger partial charge in [0.05, 0.1) is 0 Å². The van der Waals surface area contributed by atoms with Crippen molar-refractivity contribution in [2.45, 2.75) is 26.4 Å². The van der Waals surface area contributed by atoms with Crippen molar-refractivity contribution in [3.8, 4) is 0 Å². The lowest BCUT2D eigenvalue weighted by atomic mass is 10.3. The van der Waals surface area contributed by atoms with Crippen LogP contribution in [0, 0.1) is 0 Å². The topological polar surface area (TPSA) is 86.8 Å². The monoisotopic (exact) mass is 170 g/mol. The Hall–Kier alpha value is -1.30. The summed E-state index contributed by atoms with van der Waals surface area (Å²) in [6, 6.07) is 0. The van der Waals surface area contributed by atoms with E-state index in [0.29, 0.717) is 11.5 Å². The Morgan fingerprint density at radius 1 is 1.58 bits per heavy atom. The minimum atomic E-state index is -0.252. The normalized spacial score (nSPS) is 22.2. The van der Waals surface area contributed by atoms with Gasteiger partial charge in [0, 0.05) is 0 Å². The van der Waals surface area contributed by atoms with E-state index >= 15 is 0 Å². The molecule has 0 atom stereocenters.